The molecule has 0 bridgehead atoms. The topological polar surface area (TPSA) is 35.5 Å². The van der Waals surface area contributed by atoms with Crippen molar-refractivity contribution in [3.05, 3.63) is 57.6 Å². The molecular formula is C17H15BrO3. The zero-order valence-corrected chi connectivity index (χ0v) is 13.3. The predicted octanol–water partition coefficient (Wildman–Crippen LogP) is 4.15. The van der Waals surface area contributed by atoms with E-state index in [0.717, 1.165) is 16.5 Å². The Labute approximate surface area is 132 Å². The highest BCUT2D eigenvalue weighted by atomic mass is 79.9. The van der Waals surface area contributed by atoms with E-state index < -0.39 is 0 Å². The lowest BCUT2D eigenvalue weighted by molar-refractivity contribution is 0.103. The summed E-state index contributed by atoms with van der Waals surface area (Å²) in [4.78, 5) is 12.7. The van der Waals surface area contributed by atoms with Gasteiger partial charge in [-0.1, -0.05) is 28.1 Å². The van der Waals surface area contributed by atoms with E-state index in [2.05, 4.69) is 15.9 Å². The molecule has 0 fully saturated rings. The number of hydrogen-bond donors (Lipinski definition) is 0. The fourth-order valence-electron chi connectivity index (χ4n) is 2.31. The highest BCUT2D eigenvalue weighted by Crippen LogP contribution is 2.31. The lowest BCUT2D eigenvalue weighted by Crippen LogP contribution is -2.05. The van der Waals surface area contributed by atoms with Gasteiger partial charge in [-0.25, -0.2) is 0 Å². The third kappa shape index (κ3) is 2.81. The Bertz CT molecular complexity index is 694. The molecular weight excluding hydrogens is 332 g/mol. The van der Waals surface area contributed by atoms with Gasteiger partial charge in [0, 0.05) is 22.0 Å². The highest BCUT2D eigenvalue weighted by molar-refractivity contribution is 9.10. The molecule has 2 aromatic carbocycles. The van der Waals surface area contributed by atoms with Gasteiger partial charge in [-0.15, -0.1) is 0 Å². The van der Waals surface area contributed by atoms with Crippen molar-refractivity contribution in [1.29, 1.82) is 0 Å². The van der Waals surface area contributed by atoms with Gasteiger partial charge in [0.05, 0.1) is 13.2 Å². The van der Waals surface area contributed by atoms with Gasteiger partial charge in [-0.3, -0.25) is 4.79 Å². The molecule has 0 N–H and O–H groups in total. The smallest absolute Gasteiger partial charge is 0.193 e. The number of carbonyl (C=O) groups excluding carboxylic acids is 1. The van der Waals surface area contributed by atoms with Crippen molar-refractivity contribution in [2.45, 2.75) is 13.3 Å². The third-order valence-electron chi connectivity index (χ3n) is 3.52. The first-order valence-electron chi connectivity index (χ1n) is 6.86. The summed E-state index contributed by atoms with van der Waals surface area (Å²) in [5.74, 6) is 1.34. The van der Waals surface area contributed by atoms with Gasteiger partial charge < -0.3 is 9.47 Å². The van der Waals surface area contributed by atoms with E-state index in [-0.39, 0.29) is 5.78 Å². The minimum Gasteiger partial charge on any atom is -0.490 e. The molecule has 0 saturated heterocycles. The molecule has 0 saturated carbocycles. The summed E-state index contributed by atoms with van der Waals surface area (Å²) in [7, 11) is 0. The van der Waals surface area contributed by atoms with Gasteiger partial charge >= 0.3 is 0 Å². The number of ketones is 1. The van der Waals surface area contributed by atoms with Crippen molar-refractivity contribution < 1.29 is 14.3 Å². The van der Waals surface area contributed by atoms with Crippen molar-refractivity contribution in [3.8, 4) is 11.5 Å². The number of fused-ring (bicyclic) bond motifs is 1. The maximum absolute atomic E-state index is 12.7. The summed E-state index contributed by atoms with van der Waals surface area (Å²) in [6.07, 6.45) is 0.850. The normalized spacial score (nSPS) is 13.6. The molecule has 4 heteroatoms. The van der Waals surface area contributed by atoms with Crippen LogP contribution in [0.15, 0.2) is 40.9 Å². The van der Waals surface area contributed by atoms with E-state index >= 15 is 0 Å². The Morgan fingerprint density at radius 2 is 1.86 bits per heavy atom. The van der Waals surface area contributed by atoms with Crippen LogP contribution < -0.4 is 9.47 Å². The average molecular weight is 347 g/mol. The van der Waals surface area contributed by atoms with Crippen LogP contribution in [-0.4, -0.2) is 19.0 Å². The van der Waals surface area contributed by atoms with E-state index in [1.54, 1.807) is 18.2 Å². The molecule has 0 radical (unpaired) electrons. The van der Waals surface area contributed by atoms with E-state index in [1.807, 2.05) is 25.1 Å². The number of rotatable bonds is 2. The molecule has 2 aromatic rings. The number of halogens is 1. The van der Waals surface area contributed by atoms with Crippen LogP contribution in [0.4, 0.5) is 0 Å². The van der Waals surface area contributed by atoms with Crippen LogP contribution >= 0.6 is 15.9 Å². The number of ether oxygens (including phenoxy) is 2. The zero-order chi connectivity index (χ0) is 14.8. The van der Waals surface area contributed by atoms with Crippen molar-refractivity contribution >= 4 is 21.7 Å². The lowest BCUT2D eigenvalue weighted by Gasteiger charge is -2.10. The van der Waals surface area contributed by atoms with Gasteiger partial charge in [-0.05, 0) is 36.8 Å². The molecule has 0 spiro atoms. The molecule has 0 aromatic heterocycles. The van der Waals surface area contributed by atoms with Gasteiger partial charge in [-0.2, -0.15) is 0 Å². The number of hydrogen-bond acceptors (Lipinski definition) is 3. The standard InChI is InChI=1S/C17H15BrO3/c1-11-13(4-2-5-14(11)18)17(19)12-6-7-15-16(10-12)21-9-3-8-20-15/h2,4-7,10H,3,8-9H2,1H3. The second-order valence-electron chi connectivity index (χ2n) is 4.95. The van der Waals surface area contributed by atoms with Crippen LogP contribution in [0.1, 0.15) is 27.9 Å². The monoisotopic (exact) mass is 346 g/mol. The molecule has 1 heterocycles. The Hall–Kier alpha value is -1.81. The van der Waals surface area contributed by atoms with Crippen LogP contribution in [-0.2, 0) is 0 Å². The lowest BCUT2D eigenvalue weighted by atomic mass is 9.99. The molecule has 21 heavy (non-hydrogen) atoms. The van der Waals surface area contributed by atoms with Crippen molar-refractivity contribution in [2.75, 3.05) is 13.2 Å². The minimum atomic E-state index is -0.00977. The van der Waals surface area contributed by atoms with Crippen LogP contribution in [0.5, 0.6) is 11.5 Å². The van der Waals surface area contributed by atoms with Crippen molar-refractivity contribution in [3.63, 3.8) is 0 Å². The van der Waals surface area contributed by atoms with Crippen LogP contribution in [0.25, 0.3) is 0 Å². The quantitative estimate of drug-likeness (QED) is 0.766. The molecule has 0 amide bonds. The van der Waals surface area contributed by atoms with E-state index in [0.29, 0.717) is 35.8 Å². The van der Waals surface area contributed by atoms with Crippen LogP contribution in [0.3, 0.4) is 0 Å². The second kappa shape index (κ2) is 5.90. The van der Waals surface area contributed by atoms with E-state index in [9.17, 15) is 4.79 Å². The van der Waals surface area contributed by atoms with Crippen LogP contribution in [0, 0.1) is 6.92 Å². The molecule has 0 atom stereocenters. The molecule has 0 unspecified atom stereocenters. The second-order valence-corrected chi connectivity index (χ2v) is 5.81. The first-order chi connectivity index (χ1) is 10.2. The molecule has 1 aliphatic rings. The summed E-state index contributed by atoms with van der Waals surface area (Å²) >= 11 is 3.46. The number of carbonyl (C=O) groups is 1. The average Bonchev–Trinajstić information content (AvgIpc) is 2.74. The van der Waals surface area contributed by atoms with Crippen molar-refractivity contribution in [2.24, 2.45) is 0 Å². The summed E-state index contributed by atoms with van der Waals surface area (Å²) in [5.41, 5.74) is 2.24. The molecule has 1 aliphatic heterocycles. The van der Waals surface area contributed by atoms with Gasteiger partial charge in [0.2, 0.25) is 0 Å². The Morgan fingerprint density at radius 3 is 2.67 bits per heavy atom. The maximum atomic E-state index is 12.7. The van der Waals surface area contributed by atoms with Gasteiger partial charge in [0.25, 0.3) is 0 Å². The fraction of sp³-hybridized carbons (Fsp3) is 0.235. The zero-order valence-electron chi connectivity index (χ0n) is 11.7. The van der Waals surface area contributed by atoms with E-state index in [4.69, 9.17) is 9.47 Å². The Kier molecular flexibility index (Phi) is 3.97. The third-order valence-corrected chi connectivity index (χ3v) is 4.38. The summed E-state index contributed by atoms with van der Waals surface area (Å²) in [6, 6.07) is 11.0. The summed E-state index contributed by atoms with van der Waals surface area (Å²) in [5, 5.41) is 0. The molecule has 108 valence electrons. The predicted molar refractivity (Wildman–Crippen MR) is 84.4 cm³/mol. The van der Waals surface area contributed by atoms with Crippen molar-refractivity contribution in [1.82, 2.24) is 0 Å². The largest absolute Gasteiger partial charge is 0.490 e. The van der Waals surface area contributed by atoms with Gasteiger partial charge in [0.1, 0.15) is 0 Å². The fourth-order valence-corrected chi connectivity index (χ4v) is 2.68. The number of benzene rings is 2. The maximum Gasteiger partial charge on any atom is 0.193 e. The first-order valence-corrected chi connectivity index (χ1v) is 7.65. The van der Waals surface area contributed by atoms with Gasteiger partial charge in [0.15, 0.2) is 17.3 Å². The van der Waals surface area contributed by atoms with Crippen LogP contribution in [0.2, 0.25) is 0 Å². The summed E-state index contributed by atoms with van der Waals surface area (Å²) < 4.78 is 12.2. The highest BCUT2D eigenvalue weighted by Gasteiger charge is 2.17. The Balaban J connectivity index is 1.98. The minimum absolute atomic E-state index is 0.00977. The first kappa shape index (κ1) is 14.1. The Morgan fingerprint density at radius 1 is 1.10 bits per heavy atom. The molecule has 3 rings (SSSR count). The summed E-state index contributed by atoms with van der Waals surface area (Å²) in [6.45, 7) is 3.19. The molecule has 3 nitrogen and oxygen atoms in total. The van der Waals surface area contributed by atoms with E-state index in [1.165, 1.54) is 0 Å². The SMILES string of the molecule is Cc1c(Br)cccc1C(=O)c1ccc2c(c1)OCCCO2. The molecule has 0 aliphatic carbocycles.